The van der Waals surface area contributed by atoms with E-state index in [4.69, 9.17) is 11.6 Å². The summed E-state index contributed by atoms with van der Waals surface area (Å²) >= 11 is 7.17. The average Bonchev–Trinajstić information content (AvgIpc) is 2.67. The van der Waals surface area contributed by atoms with Crippen LogP contribution in [0.5, 0.6) is 0 Å². The SMILES string of the molecule is Fc1ccccc1CNCc1ncc(Cl)s1. The molecule has 5 heteroatoms. The van der Waals surface area contributed by atoms with E-state index in [0.29, 0.717) is 23.0 Å². The minimum Gasteiger partial charge on any atom is -0.306 e. The fraction of sp³-hybridized carbons (Fsp3) is 0.182. The molecule has 1 aromatic carbocycles. The second-order valence-electron chi connectivity index (χ2n) is 3.25. The Kier molecular flexibility index (Phi) is 3.88. The number of benzene rings is 1. The van der Waals surface area contributed by atoms with Crippen molar-refractivity contribution in [3.8, 4) is 0 Å². The molecule has 1 heterocycles. The highest BCUT2D eigenvalue weighted by atomic mass is 35.5. The fourth-order valence-corrected chi connectivity index (χ4v) is 2.24. The lowest BCUT2D eigenvalue weighted by Crippen LogP contribution is -2.13. The molecule has 16 heavy (non-hydrogen) atoms. The van der Waals surface area contributed by atoms with E-state index in [2.05, 4.69) is 10.3 Å². The topological polar surface area (TPSA) is 24.9 Å². The van der Waals surface area contributed by atoms with Crippen molar-refractivity contribution in [3.63, 3.8) is 0 Å². The van der Waals surface area contributed by atoms with Gasteiger partial charge < -0.3 is 5.32 Å². The van der Waals surface area contributed by atoms with Crippen molar-refractivity contribution in [1.29, 1.82) is 0 Å². The van der Waals surface area contributed by atoms with Gasteiger partial charge in [-0.15, -0.1) is 11.3 Å². The molecule has 0 bridgehead atoms. The molecule has 0 spiro atoms. The molecule has 0 saturated heterocycles. The van der Waals surface area contributed by atoms with Crippen molar-refractivity contribution in [3.05, 3.63) is 51.2 Å². The van der Waals surface area contributed by atoms with Gasteiger partial charge in [0, 0.05) is 18.7 Å². The largest absolute Gasteiger partial charge is 0.306 e. The number of nitrogens with zero attached hydrogens (tertiary/aromatic N) is 1. The number of hydrogen-bond acceptors (Lipinski definition) is 3. The first-order chi connectivity index (χ1) is 7.75. The van der Waals surface area contributed by atoms with Gasteiger partial charge in [0.05, 0.1) is 6.20 Å². The third-order valence-electron chi connectivity index (χ3n) is 2.07. The van der Waals surface area contributed by atoms with Crippen LogP contribution in [0, 0.1) is 5.82 Å². The molecule has 0 amide bonds. The van der Waals surface area contributed by atoms with Gasteiger partial charge in [0.25, 0.3) is 0 Å². The smallest absolute Gasteiger partial charge is 0.127 e. The van der Waals surface area contributed by atoms with Crippen LogP contribution in [-0.2, 0) is 13.1 Å². The molecular formula is C11H10ClFN2S. The van der Waals surface area contributed by atoms with Crippen LogP contribution in [0.4, 0.5) is 4.39 Å². The van der Waals surface area contributed by atoms with Gasteiger partial charge in [0.2, 0.25) is 0 Å². The van der Waals surface area contributed by atoms with Crippen LogP contribution >= 0.6 is 22.9 Å². The highest BCUT2D eigenvalue weighted by Gasteiger charge is 2.02. The minimum atomic E-state index is -0.188. The number of aromatic nitrogens is 1. The van der Waals surface area contributed by atoms with Crippen molar-refractivity contribution in [2.75, 3.05) is 0 Å². The van der Waals surface area contributed by atoms with E-state index in [1.54, 1.807) is 18.3 Å². The Bertz CT molecular complexity index is 473. The van der Waals surface area contributed by atoms with Crippen LogP contribution in [-0.4, -0.2) is 4.98 Å². The van der Waals surface area contributed by atoms with Gasteiger partial charge >= 0.3 is 0 Å². The number of rotatable bonds is 4. The predicted molar refractivity (Wildman–Crippen MR) is 64.1 cm³/mol. The van der Waals surface area contributed by atoms with Crippen LogP contribution in [0.1, 0.15) is 10.6 Å². The summed E-state index contributed by atoms with van der Waals surface area (Å²) in [5.41, 5.74) is 0.658. The first kappa shape index (κ1) is 11.5. The first-order valence-electron chi connectivity index (χ1n) is 4.80. The number of halogens is 2. The Morgan fingerprint density at radius 3 is 2.81 bits per heavy atom. The van der Waals surface area contributed by atoms with Gasteiger partial charge in [-0.2, -0.15) is 0 Å². The zero-order chi connectivity index (χ0) is 11.4. The van der Waals surface area contributed by atoms with Gasteiger partial charge in [-0.05, 0) is 6.07 Å². The summed E-state index contributed by atoms with van der Waals surface area (Å²) in [6.07, 6.45) is 1.62. The Labute approximate surface area is 102 Å². The molecule has 2 aromatic rings. The molecule has 1 N–H and O–H groups in total. The Morgan fingerprint density at radius 2 is 2.12 bits per heavy atom. The Balaban J connectivity index is 1.87. The summed E-state index contributed by atoms with van der Waals surface area (Å²) in [5.74, 6) is -0.188. The van der Waals surface area contributed by atoms with Crippen molar-refractivity contribution in [2.24, 2.45) is 0 Å². The molecule has 2 nitrogen and oxygen atoms in total. The highest BCUT2D eigenvalue weighted by Crippen LogP contribution is 2.18. The lowest BCUT2D eigenvalue weighted by Gasteiger charge is -2.03. The maximum atomic E-state index is 13.2. The normalized spacial score (nSPS) is 10.6. The highest BCUT2D eigenvalue weighted by molar-refractivity contribution is 7.15. The molecule has 0 radical (unpaired) electrons. The van der Waals surface area contributed by atoms with E-state index in [1.165, 1.54) is 17.4 Å². The van der Waals surface area contributed by atoms with Crippen molar-refractivity contribution in [2.45, 2.75) is 13.1 Å². The third-order valence-corrected chi connectivity index (χ3v) is 3.19. The van der Waals surface area contributed by atoms with E-state index < -0.39 is 0 Å². The quantitative estimate of drug-likeness (QED) is 0.909. The third kappa shape index (κ3) is 3.01. The van der Waals surface area contributed by atoms with Gasteiger partial charge in [0.15, 0.2) is 0 Å². The zero-order valence-corrected chi connectivity index (χ0v) is 9.98. The monoisotopic (exact) mass is 256 g/mol. The summed E-state index contributed by atoms with van der Waals surface area (Å²) in [7, 11) is 0. The summed E-state index contributed by atoms with van der Waals surface area (Å²) in [6, 6.07) is 6.72. The van der Waals surface area contributed by atoms with E-state index in [0.717, 1.165) is 5.01 Å². The van der Waals surface area contributed by atoms with E-state index >= 15 is 0 Å². The summed E-state index contributed by atoms with van der Waals surface area (Å²) in [5, 5.41) is 4.03. The van der Waals surface area contributed by atoms with Gasteiger partial charge in [-0.3, -0.25) is 0 Å². The van der Waals surface area contributed by atoms with Crippen molar-refractivity contribution >= 4 is 22.9 Å². The Hall–Kier alpha value is -0.970. The fourth-order valence-electron chi connectivity index (χ4n) is 1.32. The molecule has 84 valence electrons. The van der Waals surface area contributed by atoms with Crippen LogP contribution in [0.25, 0.3) is 0 Å². The maximum Gasteiger partial charge on any atom is 0.127 e. The van der Waals surface area contributed by atoms with Crippen LogP contribution in [0.2, 0.25) is 4.34 Å². The lowest BCUT2D eigenvalue weighted by atomic mass is 10.2. The van der Waals surface area contributed by atoms with Crippen LogP contribution < -0.4 is 5.32 Å². The molecular weight excluding hydrogens is 247 g/mol. The van der Waals surface area contributed by atoms with Crippen LogP contribution in [0.15, 0.2) is 30.5 Å². The predicted octanol–water partition coefficient (Wildman–Crippen LogP) is 3.23. The lowest BCUT2D eigenvalue weighted by molar-refractivity contribution is 0.587. The number of nitrogens with one attached hydrogen (secondary N) is 1. The summed E-state index contributed by atoms with van der Waals surface area (Å²) < 4.78 is 13.9. The van der Waals surface area contributed by atoms with Crippen LogP contribution in [0.3, 0.4) is 0 Å². The number of hydrogen-bond donors (Lipinski definition) is 1. The molecule has 0 unspecified atom stereocenters. The summed E-state index contributed by atoms with van der Waals surface area (Å²) in [4.78, 5) is 4.10. The first-order valence-corrected chi connectivity index (χ1v) is 5.99. The Morgan fingerprint density at radius 1 is 1.31 bits per heavy atom. The molecule has 1 aromatic heterocycles. The molecule has 0 aliphatic carbocycles. The van der Waals surface area contributed by atoms with Crippen molar-refractivity contribution < 1.29 is 4.39 Å². The molecule has 0 aliphatic heterocycles. The van der Waals surface area contributed by atoms with Gasteiger partial charge in [-0.25, -0.2) is 9.37 Å². The second kappa shape index (κ2) is 5.39. The minimum absolute atomic E-state index is 0.188. The number of thiazole rings is 1. The summed E-state index contributed by atoms with van der Waals surface area (Å²) in [6.45, 7) is 1.09. The molecule has 0 atom stereocenters. The van der Waals surface area contributed by atoms with E-state index in [-0.39, 0.29) is 5.82 Å². The maximum absolute atomic E-state index is 13.2. The van der Waals surface area contributed by atoms with E-state index in [1.807, 2.05) is 6.07 Å². The molecule has 0 aliphatic rings. The van der Waals surface area contributed by atoms with Gasteiger partial charge in [-0.1, -0.05) is 29.8 Å². The zero-order valence-electron chi connectivity index (χ0n) is 8.41. The second-order valence-corrected chi connectivity index (χ2v) is 5.00. The van der Waals surface area contributed by atoms with Crippen molar-refractivity contribution in [1.82, 2.24) is 10.3 Å². The molecule has 2 rings (SSSR count). The van der Waals surface area contributed by atoms with E-state index in [9.17, 15) is 4.39 Å². The standard InChI is InChI=1S/C11H10ClFN2S/c12-10-6-15-11(16-10)7-14-5-8-3-1-2-4-9(8)13/h1-4,6,14H,5,7H2. The molecule has 0 saturated carbocycles. The van der Waals surface area contributed by atoms with Gasteiger partial charge in [0.1, 0.15) is 15.2 Å². The molecule has 0 fully saturated rings. The average molecular weight is 257 g/mol.